The van der Waals surface area contributed by atoms with Crippen LogP contribution in [0.5, 0.6) is 0 Å². The summed E-state index contributed by atoms with van der Waals surface area (Å²) in [4.78, 5) is 25.7. The van der Waals surface area contributed by atoms with Gasteiger partial charge in [0.15, 0.2) is 0 Å². The van der Waals surface area contributed by atoms with E-state index in [0.29, 0.717) is 5.82 Å². The normalized spacial score (nSPS) is 9.88. The molecule has 1 aromatic rings. The second-order valence-electron chi connectivity index (χ2n) is 3.61. The van der Waals surface area contributed by atoms with Gasteiger partial charge in [-0.3, -0.25) is 9.59 Å². The van der Waals surface area contributed by atoms with E-state index in [1.165, 1.54) is 0 Å². The molecular formula is C11H14N2O3. The molecule has 1 rings (SSSR count). The third kappa shape index (κ3) is 4.08. The third-order valence-electron chi connectivity index (χ3n) is 1.93. The number of carbonyl (C=O) groups excluding carboxylic acids is 1. The molecule has 1 heterocycles. The van der Waals surface area contributed by atoms with E-state index in [1.807, 2.05) is 19.9 Å². The first-order valence-corrected chi connectivity index (χ1v) is 4.94. The van der Waals surface area contributed by atoms with E-state index < -0.39 is 5.97 Å². The van der Waals surface area contributed by atoms with Crippen molar-refractivity contribution in [3.63, 3.8) is 0 Å². The van der Waals surface area contributed by atoms with Gasteiger partial charge in [0.05, 0.1) is 6.42 Å². The van der Waals surface area contributed by atoms with Crippen LogP contribution in [0.3, 0.4) is 0 Å². The quantitative estimate of drug-likeness (QED) is 0.809. The number of pyridine rings is 1. The van der Waals surface area contributed by atoms with Crippen molar-refractivity contribution in [1.29, 1.82) is 0 Å². The highest BCUT2D eigenvalue weighted by Crippen LogP contribution is 2.09. The Morgan fingerprint density at radius 2 is 2.00 bits per heavy atom. The first-order chi connectivity index (χ1) is 7.47. The van der Waals surface area contributed by atoms with E-state index in [9.17, 15) is 9.59 Å². The summed E-state index contributed by atoms with van der Waals surface area (Å²) in [6, 6.07) is 3.64. The van der Waals surface area contributed by atoms with Crippen molar-refractivity contribution in [3.8, 4) is 0 Å². The van der Waals surface area contributed by atoms with Crippen molar-refractivity contribution in [2.45, 2.75) is 26.7 Å². The van der Waals surface area contributed by atoms with Gasteiger partial charge in [-0.2, -0.15) is 0 Å². The molecule has 1 aromatic heterocycles. The number of hydrogen-bond donors (Lipinski definition) is 2. The van der Waals surface area contributed by atoms with Crippen molar-refractivity contribution in [2.24, 2.45) is 0 Å². The van der Waals surface area contributed by atoms with Crippen LogP contribution in [0, 0.1) is 13.8 Å². The highest BCUT2D eigenvalue weighted by Gasteiger charge is 2.06. The molecule has 0 radical (unpaired) electrons. The lowest BCUT2D eigenvalue weighted by molar-refractivity contribution is -0.138. The van der Waals surface area contributed by atoms with Crippen LogP contribution in [-0.2, 0) is 9.59 Å². The number of hydrogen-bond acceptors (Lipinski definition) is 3. The number of aliphatic carboxylic acids is 1. The Hall–Kier alpha value is -1.91. The van der Waals surface area contributed by atoms with Crippen LogP contribution in [0.15, 0.2) is 12.1 Å². The largest absolute Gasteiger partial charge is 0.481 e. The summed E-state index contributed by atoms with van der Waals surface area (Å²) in [5.74, 6) is -0.851. The Kier molecular flexibility index (Phi) is 3.99. The zero-order chi connectivity index (χ0) is 12.1. The molecule has 2 N–H and O–H groups in total. The smallest absolute Gasteiger partial charge is 0.303 e. The first kappa shape index (κ1) is 12.2. The number of anilines is 1. The molecular weight excluding hydrogens is 208 g/mol. The zero-order valence-electron chi connectivity index (χ0n) is 9.28. The second kappa shape index (κ2) is 5.25. The number of amides is 1. The summed E-state index contributed by atoms with van der Waals surface area (Å²) >= 11 is 0. The maximum absolute atomic E-state index is 11.3. The molecule has 0 fully saturated rings. The molecule has 5 nitrogen and oxygen atoms in total. The summed E-state index contributed by atoms with van der Waals surface area (Å²) in [5.41, 5.74) is 1.81. The fraction of sp³-hybridized carbons (Fsp3) is 0.364. The monoisotopic (exact) mass is 222 g/mol. The average molecular weight is 222 g/mol. The molecule has 86 valence electrons. The van der Waals surface area contributed by atoms with Gasteiger partial charge in [0.1, 0.15) is 5.82 Å². The van der Waals surface area contributed by atoms with E-state index >= 15 is 0 Å². The zero-order valence-corrected chi connectivity index (χ0v) is 9.28. The van der Waals surface area contributed by atoms with E-state index in [4.69, 9.17) is 5.11 Å². The minimum Gasteiger partial charge on any atom is -0.481 e. The molecule has 0 aromatic carbocycles. The van der Waals surface area contributed by atoms with Crippen molar-refractivity contribution in [1.82, 2.24) is 4.98 Å². The predicted molar refractivity (Wildman–Crippen MR) is 59.2 cm³/mol. The number of nitrogens with zero attached hydrogens (tertiary/aromatic N) is 1. The minimum atomic E-state index is -0.983. The van der Waals surface area contributed by atoms with Crippen LogP contribution in [0.4, 0.5) is 5.82 Å². The van der Waals surface area contributed by atoms with Crippen LogP contribution in [0.2, 0.25) is 0 Å². The summed E-state index contributed by atoms with van der Waals surface area (Å²) in [7, 11) is 0. The number of carboxylic acids is 1. The molecule has 0 aliphatic rings. The number of aromatic nitrogens is 1. The minimum absolute atomic E-state index is 0.0377. The number of aryl methyl sites for hydroxylation is 2. The fourth-order valence-electron chi connectivity index (χ4n) is 1.33. The maximum Gasteiger partial charge on any atom is 0.303 e. The van der Waals surface area contributed by atoms with Gasteiger partial charge in [-0.15, -0.1) is 0 Å². The van der Waals surface area contributed by atoms with Crippen LogP contribution >= 0.6 is 0 Å². The molecule has 16 heavy (non-hydrogen) atoms. The summed E-state index contributed by atoms with van der Waals surface area (Å²) in [6.45, 7) is 3.74. The Morgan fingerprint density at radius 1 is 1.31 bits per heavy atom. The fourth-order valence-corrected chi connectivity index (χ4v) is 1.33. The summed E-state index contributed by atoms with van der Waals surface area (Å²) < 4.78 is 0. The van der Waals surface area contributed by atoms with Gasteiger partial charge in [0, 0.05) is 12.1 Å². The van der Waals surface area contributed by atoms with E-state index in [0.717, 1.165) is 11.3 Å². The van der Waals surface area contributed by atoms with Gasteiger partial charge in [-0.25, -0.2) is 4.98 Å². The van der Waals surface area contributed by atoms with Crippen molar-refractivity contribution < 1.29 is 14.7 Å². The van der Waals surface area contributed by atoms with Gasteiger partial charge in [0.25, 0.3) is 0 Å². The maximum atomic E-state index is 11.3. The molecule has 0 spiro atoms. The Labute approximate surface area is 93.5 Å². The molecule has 1 amide bonds. The average Bonchev–Trinajstić information content (AvgIpc) is 2.12. The number of carboxylic acid groups (broad SMARTS) is 1. The number of nitrogens with one attached hydrogen (secondary N) is 1. The topological polar surface area (TPSA) is 79.3 Å². The van der Waals surface area contributed by atoms with E-state index in [-0.39, 0.29) is 18.7 Å². The highest BCUT2D eigenvalue weighted by atomic mass is 16.4. The van der Waals surface area contributed by atoms with Crippen molar-refractivity contribution in [3.05, 3.63) is 23.4 Å². The standard InChI is InChI=1S/C11H14N2O3/c1-7-5-8(2)12-9(6-7)13-10(14)3-4-11(15)16/h5-6H,3-4H2,1-2H3,(H,15,16)(H,12,13,14). The number of rotatable bonds is 4. The summed E-state index contributed by atoms with van der Waals surface area (Å²) in [5, 5.41) is 11.0. The Balaban J connectivity index is 2.59. The van der Waals surface area contributed by atoms with Crippen LogP contribution in [-0.4, -0.2) is 22.0 Å². The first-order valence-electron chi connectivity index (χ1n) is 4.94. The van der Waals surface area contributed by atoms with E-state index in [2.05, 4.69) is 10.3 Å². The van der Waals surface area contributed by atoms with Gasteiger partial charge in [-0.1, -0.05) is 0 Å². The van der Waals surface area contributed by atoms with Gasteiger partial charge < -0.3 is 10.4 Å². The van der Waals surface area contributed by atoms with Crippen molar-refractivity contribution >= 4 is 17.7 Å². The van der Waals surface area contributed by atoms with Gasteiger partial charge in [-0.05, 0) is 31.5 Å². The SMILES string of the molecule is Cc1cc(C)nc(NC(=O)CCC(=O)O)c1. The molecule has 0 saturated carbocycles. The van der Waals surface area contributed by atoms with Crippen molar-refractivity contribution in [2.75, 3.05) is 5.32 Å². The van der Waals surface area contributed by atoms with E-state index in [1.54, 1.807) is 6.07 Å². The van der Waals surface area contributed by atoms with Crippen LogP contribution < -0.4 is 5.32 Å². The molecule has 0 bridgehead atoms. The number of carbonyl (C=O) groups is 2. The van der Waals surface area contributed by atoms with Crippen LogP contribution in [0.1, 0.15) is 24.1 Å². The molecule has 0 aliphatic heterocycles. The second-order valence-corrected chi connectivity index (χ2v) is 3.61. The molecule has 0 atom stereocenters. The van der Waals surface area contributed by atoms with Gasteiger partial charge >= 0.3 is 5.97 Å². The molecule has 0 aliphatic carbocycles. The lowest BCUT2D eigenvalue weighted by atomic mass is 10.2. The Bertz CT molecular complexity index is 395. The lowest BCUT2D eigenvalue weighted by Gasteiger charge is -2.05. The van der Waals surface area contributed by atoms with Crippen LogP contribution in [0.25, 0.3) is 0 Å². The molecule has 0 saturated heterocycles. The molecule has 0 unspecified atom stereocenters. The molecule has 5 heteroatoms. The Morgan fingerprint density at radius 3 is 2.56 bits per heavy atom. The van der Waals surface area contributed by atoms with Gasteiger partial charge in [0.2, 0.25) is 5.91 Å². The summed E-state index contributed by atoms with van der Waals surface area (Å²) in [6.07, 6.45) is -0.208. The predicted octanol–water partition coefficient (Wildman–Crippen LogP) is 1.50. The highest BCUT2D eigenvalue weighted by molar-refractivity contribution is 5.91. The third-order valence-corrected chi connectivity index (χ3v) is 1.93. The lowest BCUT2D eigenvalue weighted by Crippen LogP contribution is -2.14.